The lowest BCUT2D eigenvalue weighted by molar-refractivity contribution is 0.171. The fourth-order valence-corrected chi connectivity index (χ4v) is 2.21. The number of nitrogen functional groups attached to an aromatic ring is 1. The predicted octanol–water partition coefficient (Wildman–Crippen LogP) is 2.31. The molecule has 2 rings (SSSR count). The Balaban J connectivity index is 1.80. The van der Waals surface area contributed by atoms with Crippen molar-refractivity contribution in [1.29, 1.82) is 0 Å². The molecule has 0 spiro atoms. The van der Waals surface area contributed by atoms with Crippen LogP contribution < -0.4 is 11.1 Å². The van der Waals surface area contributed by atoms with E-state index in [0.29, 0.717) is 12.0 Å². The molecule has 100 valence electrons. The summed E-state index contributed by atoms with van der Waals surface area (Å²) in [6.45, 7) is 2.38. The van der Waals surface area contributed by atoms with Crippen LogP contribution in [0.2, 0.25) is 0 Å². The van der Waals surface area contributed by atoms with Crippen molar-refractivity contribution in [3.8, 4) is 0 Å². The summed E-state index contributed by atoms with van der Waals surface area (Å²) in [6.07, 6.45) is 3.60. The van der Waals surface area contributed by atoms with Gasteiger partial charge in [-0.3, -0.25) is 0 Å². The third-order valence-electron chi connectivity index (χ3n) is 3.75. The van der Waals surface area contributed by atoms with Crippen molar-refractivity contribution in [3.05, 3.63) is 29.6 Å². The van der Waals surface area contributed by atoms with E-state index in [9.17, 15) is 4.39 Å². The zero-order valence-electron chi connectivity index (χ0n) is 10.8. The number of hydrogen-bond acceptors (Lipinski definition) is 3. The van der Waals surface area contributed by atoms with Gasteiger partial charge in [-0.05, 0) is 36.3 Å². The number of rotatable bonds is 7. The molecule has 18 heavy (non-hydrogen) atoms. The number of para-hydroxylation sites is 1. The van der Waals surface area contributed by atoms with Gasteiger partial charge < -0.3 is 15.8 Å². The minimum Gasteiger partial charge on any atom is -0.396 e. The summed E-state index contributed by atoms with van der Waals surface area (Å²) >= 11 is 0. The van der Waals surface area contributed by atoms with Crippen molar-refractivity contribution in [2.75, 3.05) is 26.0 Å². The van der Waals surface area contributed by atoms with E-state index in [0.717, 1.165) is 25.1 Å². The molecular weight excluding hydrogens is 231 g/mol. The molecular formula is C14H21FN2O. The first-order valence-corrected chi connectivity index (χ1v) is 6.39. The number of methoxy groups -OCH3 is 1. The molecule has 1 aromatic carbocycles. The number of halogens is 1. The van der Waals surface area contributed by atoms with Gasteiger partial charge >= 0.3 is 0 Å². The second kappa shape index (κ2) is 5.67. The summed E-state index contributed by atoms with van der Waals surface area (Å²) in [5.74, 6) is -0.338. The number of nitrogens with one attached hydrogen (secondary N) is 1. The van der Waals surface area contributed by atoms with Gasteiger partial charge in [-0.2, -0.15) is 0 Å². The molecule has 0 unspecified atom stereocenters. The maximum absolute atomic E-state index is 13.3. The largest absolute Gasteiger partial charge is 0.396 e. The molecule has 0 atom stereocenters. The maximum Gasteiger partial charge on any atom is 0.146 e. The summed E-state index contributed by atoms with van der Waals surface area (Å²) in [7, 11) is 1.73. The van der Waals surface area contributed by atoms with Gasteiger partial charge in [0.2, 0.25) is 0 Å². The Morgan fingerprint density at radius 1 is 1.44 bits per heavy atom. The van der Waals surface area contributed by atoms with Crippen LogP contribution in [0.4, 0.5) is 10.1 Å². The Hall–Kier alpha value is -1.13. The van der Waals surface area contributed by atoms with Crippen LogP contribution in [0, 0.1) is 11.2 Å². The van der Waals surface area contributed by atoms with Crippen molar-refractivity contribution < 1.29 is 9.13 Å². The maximum atomic E-state index is 13.3. The lowest BCUT2D eigenvalue weighted by Gasteiger charge is -2.16. The molecule has 1 aliphatic rings. The fourth-order valence-electron chi connectivity index (χ4n) is 2.21. The van der Waals surface area contributed by atoms with E-state index in [-0.39, 0.29) is 11.5 Å². The molecule has 0 amide bonds. The molecule has 1 fully saturated rings. The quantitative estimate of drug-likeness (QED) is 0.732. The first-order valence-electron chi connectivity index (χ1n) is 6.39. The third kappa shape index (κ3) is 3.21. The second-order valence-corrected chi connectivity index (χ2v) is 5.16. The molecule has 0 radical (unpaired) electrons. The Kier molecular flexibility index (Phi) is 4.19. The Bertz CT molecular complexity index is 405. The highest BCUT2D eigenvalue weighted by atomic mass is 19.1. The lowest BCUT2D eigenvalue weighted by atomic mass is 10.0. The van der Waals surface area contributed by atoms with Crippen molar-refractivity contribution in [2.24, 2.45) is 5.41 Å². The SMILES string of the molecule is COCCC1(CNCc2cccc(F)c2N)CC1. The van der Waals surface area contributed by atoms with Gasteiger partial charge in [-0.1, -0.05) is 12.1 Å². The van der Waals surface area contributed by atoms with Crippen LogP contribution in [0.1, 0.15) is 24.8 Å². The molecule has 3 N–H and O–H groups in total. The van der Waals surface area contributed by atoms with Crippen molar-refractivity contribution >= 4 is 5.69 Å². The van der Waals surface area contributed by atoms with E-state index in [4.69, 9.17) is 10.5 Å². The number of ether oxygens (including phenoxy) is 1. The van der Waals surface area contributed by atoms with Crippen LogP contribution >= 0.6 is 0 Å². The van der Waals surface area contributed by atoms with Crippen molar-refractivity contribution in [3.63, 3.8) is 0 Å². The first kappa shape index (κ1) is 13.3. The van der Waals surface area contributed by atoms with Crippen molar-refractivity contribution in [1.82, 2.24) is 5.32 Å². The molecule has 1 aromatic rings. The molecule has 0 aliphatic heterocycles. The molecule has 0 aromatic heterocycles. The van der Waals surface area contributed by atoms with Gasteiger partial charge in [-0.25, -0.2) is 4.39 Å². The Morgan fingerprint density at radius 3 is 2.89 bits per heavy atom. The summed E-state index contributed by atoms with van der Waals surface area (Å²) in [5.41, 5.74) is 7.18. The van der Waals surface area contributed by atoms with Crippen LogP contribution in [-0.4, -0.2) is 20.3 Å². The number of benzene rings is 1. The van der Waals surface area contributed by atoms with Crippen LogP contribution in [0.25, 0.3) is 0 Å². The zero-order chi connectivity index (χ0) is 13.0. The summed E-state index contributed by atoms with van der Waals surface area (Å²) < 4.78 is 18.4. The van der Waals surface area contributed by atoms with Gasteiger partial charge in [0.15, 0.2) is 0 Å². The van der Waals surface area contributed by atoms with E-state index in [1.807, 2.05) is 6.07 Å². The lowest BCUT2D eigenvalue weighted by Crippen LogP contribution is -2.25. The number of anilines is 1. The molecule has 4 heteroatoms. The number of nitrogens with two attached hydrogens (primary N) is 1. The van der Waals surface area contributed by atoms with E-state index < -0.39 is 0 Å². The molecule has 3 nitrogen and oxygen atoms in total. The van der Waals surface area contributed by atoms with Crippen LogP contribution in [-0.2, 0) is 11.3 Å². The van der Waals surface area contributed by atoms with Gasteiger partial charge in [0, 0.05) is 26.8 Å². The van der Waals surface area contributed by atoms with Gasteiger partial charge in [0.25, 0.3) is 0 Å². The molecule has 0 heterocycles. The average Bonchev–Trinajstić information content (AvgIpc) is 3.13. The molecule has 0 saturated heterocycles. The normalized spacial score (nSPS) is 16.8. The standard InChI is InChI=1S/C14H21FN2O/c1-18-8-7-14(5-6-14)10-17-9-11-3-2-4-12(15)13(11)16/h2-4,17H,5-10,16H2,1H3. The second-order valence-electron chi connectivity index (χ2n) is 5.16. The van der Waals surface area contributed by atoms with Gasteiger partial charge in [0.1, 0.15) is 5.82 Å². The Labute approximate surface area is 108 Å². The van der Waals surface area contributed by atoms with Gasteiger partial charge in [-0.15, -0.1) is 0 Å². The highest BCUT2D eigenvalue weighted by molar-refractivity contribution is 5.47. The summed E-state index contributed by atoms with van der Waals surface area (Å²) in [6, 6.07) is 4.94. The van der Waals surface area contributed by atoms with E-state index >= 15 is 0 Å². The van der Waals surface area contributed by atoms with Crippen LogP contribution in [0.15, 0.2) is 18.2 Å². The highest BCUT2D eigenvalue weighted by Crippen LogP contribution is 2.48. The molecule has 1 aliphatic carbocycles. The number of hydrogen-bond donors (Lipinski definition) is 2. The minimum atomic E-state index is -0.338. The van der Waals surface area contributed by atoms with Crippen LogP contribution in [0.3, 0.4) is 0 Å². The highest BCUT2D eigenvalue weighted by Gasteiger charge is 2.41. The Morgan fingerprint density at radius 2 is 2.22 bits per heavy atom. The van der Waals surface area contributed by atoms with Crippen molar-refractivity contribution in [2.45, 2.75) is 25.8 Å². The predicted molar refractivity (Wildman–Crippen MR) is 70.7 cm³/mol. The topological polar surface area (TPSA) is 47.3 Å². The summed E-state index contributed by atoms with van der Waals surface area (Å²) in [4.78, 5) is 0. The van der Waals surface area contributed by atoms with E-state index in [1.54, 1.807) is 13.2 Å². The molecule has 1 saturated carbocycles. The smallest absolute Gasteiger partial charge is 0.146 e. The average molecular weight is 252 g/mol. The minimum absolute atomic E-state index is 0.256. The summed E-state index contributed by atoms with van der Waals surface area (Å²) in [5, 5.41) is 3.38. The van der Waals surface area contributed by atoms with E-state index in [2.05, 4.69) is 5.32 Å². The zero-order valence-corrected chi connectivity index (χ0v) is 10.8. The van der Waals surface area contributed by atoms with E-state index in [1.165, 1.54) is 18.9 Å². The first-order chi connectivity index (χ1) is 8.67. The molecule has 0 bridgehead atoms. The van der Waals surface area contributed by atoms with Gasteiger partial charge in [0.05, 0.1) is 5.69 Å². The monoisotopic (exact) mass is 252 g/mol. The fraction of sp³-hybridized carbons (Fsp3) is 0.571. The third-order valence-corrected chi connectivity index (χ3v) is 3.75. The van der Waals surface area contributed by atoms with Crippen LogP contribution in [0.5, 0.6) is 0 Å².